The molecule has 0 radical (unpaired) electrons. The predicted molar refractivity (Wildman–Crippen MR) is 67.6 cm³/mol. The number of hydrogen-bond donors (Lipinski definition) is 0. The number of para-hydroxylation sites is 1. The summed E-state index contributed by atoms with van der Waals surface area (Å²) >= 11 is 0. The number of carbonyl (C=O) groups is 1. The van der Waals surface area contributed by atoms with E-state index in [9.17, 15) is 4.79 Å². The first kappa shape index (κ1) is 13.7. The number of hydrogen-bond acceptors (Lipinski definition) is 3. The van der Waals surface area contributed by atoms with Crippen LogP contribution in [0.5, 0.6) is 5.75 Å². The maximum absolute atomic E-state index is 11.9. The second-order valence-corrected chi connectivity index (χ2v) is 4.13. The second-order valence-electron chi connectivity index (χ2n) is 4.13. The van der Waals surface area contributed by atoms with Crippen LogP contribution in [-0.2, 0) is 4.74 Å². The van der Waals surface area contributed by atoms with Gasteiger partial charge in [-0.3, -0.25) is 4.79 Å². The molecule has 0 saturated heterocycles. The number of ketones is 1. The molecule has 1 rings (SSSR count). The van der Waals surface area contributed by atoms with Crippen LogP contribution in [0, 0.1) is 0 Å². The average Bonchev–Trinajstić information content (AvgIpc) is 2.33. The first-order valence-corrected chi connectivity index (χ1v) is 6.01. The molecule has 0 aromatic heterocycles. The van der Waals surface area contributed by atoms with Gasteiger partial charge >= 0.3 is 0 Å². The van der Waals surface area contributed by atoms with Crippen LogP contribution in [0.4, 0.5) is 0 Å². The molecule has 94 valence electrons. The van der Waals surface area contributed by atoms with Crippen LogP contribution in [0.2, 0.25) is 0 Å². The van der Waals surface area contributed by atoms with Crippen LogP contribution in [0.15, 0.2) is 24.3 Å². The monoisotopic (exact) mass is 236 g/mol. The molecule has 0 spiro atoms. The lowest BCUT2D eigenvalue weighted by Gasteiger charge is -2.11. The summed E-state index contributed by atoms with van der Waals surface area (Å²) in [4.78, 5) is 11.9. The third-order valence-electron chi connectivity index (χ3n) is 2.20. The Hall–Kier alpha value is -1.35. The van der Waals surface area contributed by atoms with Crippen molar-refractivity contribution in [3.8, 4) is 5.75 Å². The molecular formula is C14H20O3. The van der Waals surface area contributed by atoms with Gasteiger partial charge in [-0.1, -0.05) is 19.1 Å². The number of ether oxygens (including phenoxy) is 2. The molecule has 1 aromatic carbocycles. The Morgan fingerprint density at radius 2 is 2.00 bits per heavy atom. The third kappa shape index (κ3) is 4.57. The quantitative estimate of drug-likeness (QED) is 0.682. The lowest BCUT2D eigenvalue weighted by Crippen LogP contribution is -2.14. The van der Waals surface area contributed by atoms with Gasteiger partial charge in [-0.15, -0.1) is 0 Å². The molecule has 0 N–H and O–H groups in total. The van der Waals surface area contributed by atoms with Gasteiger partial charge < -0.3 is 9.47 Å². The number of benzene rings is 1. The average molecular weight is 236 g/mol. The molecule has 0 aliphatic carbocycles. The van der Waals surface area contributed by atoms with Gasteiger partial charge in [0.2, 0.25) is 0 Å². The first-order chi connectivity index (χ1) is 8.15. The molecule has 0 heterocycles. The highest BCUT2D eigenvalue weighted by Crippen LogP contribution is 2.19. The van der Waals surface area contributed by atoms with Crippen molar-refractivity contribution in [3.05, 3.63) is 29.8 Å². The van der Waals surface area contributed by atoms with E-state index in [2.05, 4.69) is 0 Å². The van der Waals surface area contributed by atoms with Crippen molar-refractivity contribution in [1.82, 2.24) is 0 Å². The zero-order chi connectivity index (χ0) is 12.7. The van der Waals surface area contributed by atoms with Crippen molar-refractivity contribution in [2.45, 2.75) is 33.3 Å². The van der Waals surface area contributed by atoms with E-state index < -0.39 is 0 Å². The normalized spacial score (nSPS) is 10.6. The highest BCUT2D eigenvalue weighted by atomic mass is 16.5. The fourth-order valence-corrected chi connectivity index (χ4v) is 1.35. The molecule has 0 bridgehead atoms. The Labute approximate surface area is 103 Å². The SMILES string of the molecule is CCCOc1ccccc1C(=O)COC(C)C. The van der Waals surface area contributed by atoms with E-state index in [4.69, 9.17) is 9.47 Å². The molecule has 0 atom stereocenters. The maximum atomic E-state index is 11.9. The first-order valence-electron chi connectivity index (χ1n) is 6.01. The standard InChI is InChI=1S/C14H20O3/c1-4-9-16-14-8-6-5-7-12(14)13(15)10-17-11(2)3/h5-8,11H,4,9-10H2,1-3H3. The van der Waals surface area contributed by atoms with Crippen molar-refractivity contribution in [3.63, 3.8) is 0 Å². The molecule has 0 saturated carbocycles. The Kier molecular flexibility index (Phi) is 5.70. The van der Waals surface area contributed by atoms with Gasteiger partial charge in [-0.05, 0) is 32.4 Å². The Morgan fingerprint density at radius 1 is 1.29 bits per heavy atom. The van der Waals surface area contributed by atoms with Gasteiger partial charge in [0.15, 0.2) is 5.78 Å². The summed E-state index contributed by atoms with van der Waals surface area (Å²) in [6.07, 6.45) is 0.980. The second kappa shape index (κ2) is 7.07. The van der Waals surface area contributed by atoms with E-state index >= 15 is 0 Å². The van der Waals surface area contributed by atoms with Gasteiger partial charge in [0, 0.05) is 0 Å². The van der Waals surface area contributed by atoms with Gasteiger partial charge in [-0.2, -0.15) is 0 Å². The largest absolute Gasteiger partial charge is 0.493 e. The minimum Gasteiger partial charge on any atom is -0.493 e. The van der Waals surface area contributed by atoms with Crippen molar-refractivity contribution < 1.29 is 14.3 Å². The van der Waals surface area contributed by atoms with E-state index in [-0.39, 0.29) is 18.5 Å². The van der Waals surface area contributed by atoms with Crippen LogP contribution < -0.4 is 4.74 Å². The highest BCUT2D eigenvalue weighted by Gasteiger charge is 2.12. The summed E-state index contributed by atoms with van der Waals surface area (Å²) in [5.74, 6) is 0.608. The predicted octanol–water partition coefficient (Wildman–Crippen LogP) is 3.08. The van der Waals surface area contributed by atoms with Crippen molar-refractivity contribution in [2.75, 3.05) is 13.2 Å². The van der Waals surface area contributed by atoms with Crippen molar-refractivity contribution in [1.29, 1.82) is 0 Å². The molecular weight excluding hydrogens is 216 g/mol. The molecule has 0 amide bonds. The van der Waals surface area contributed by atoms with E-state index in [1.165, 1.54) is 0 Å². The minimum atomic E-state index is -0.0367. The molecule has 0 unspecified atom stereocenters. The molecule has 0 aliphatic heterocycles. The Bertz CT molecular complexity index is 358. The van der Waals surface area contributed by atoms with Gasteiger partial charge in [-0.25, -0.2) is 0 Å². The Morgan fingerprint density at radius 3 is 2.65 bits per heavy atom. The number of Topliss-reactive ketones (excluding diaryl/α,β-unsaturated/α-hetero) is 1. The molecule has 3 heteroatoms. The van der Waals surface area contributed by atoms with Crippen molar-refractivity contribution in [2.24, 2.45) is 0 Å². The summed E-state index contributed by atoms with van der Waals surface area (Å²) in [6, 6.07) is 7.29. The third-order valence-corrected chi connectivity index (χ3v) is 2.20. The molecule has 1 aromatic rings. The highest BCUT2D eigenvalue weighted by molar-refractivity contribution is 5.99. The van der Waals surface area contributed by atoms with Crippen LogP contribution in [-0.4, -0.2) is 25.1 Å². The lowest BCUT2D eigenvalue weighted by molar-refractivity contribution is 0.0581. The van der Waals surface area contributed by atoms with Crippen LogP contribution >= 0.6 is 0 Å². The van der Waals surface area contributed by atoms with Gasteiger partial charge in [0.25, 0.3) is 0 Å². The van der Waals surface area contributed by atoms with E-state index in [1.54, 1.807) is 6.07 Å². The van der Waals surface area contributed by atoms with Gasteiger partial charge in [0.1, 0.15) is 12.4 Å². The summed E-state index contributed by atoms with van der Waals surface area (Å²) in [5.41, 5.74) is 0.599. The lowest BCUT2D eigenvalue weighted by atomic mass is 10.1. The van der Waals surface area contributed by atoms with Crippen molar-refractivity contribution >= 4 is 5.78 Å². The Balaban J connectivity index is 2.70. The fourth-order valence-electron chi connectivity index (χ4n) is 1.35. The van der Waals surface area contributed by atoms with E-state index in [1.807, 2.05) is 39.0 Å². The fraction of sp³-hybridized carbons (Fsp3) is 0.500. The molecule has 17 heavy (non-hydrogen) atoms. The van der Waals surface area contributed by atoms with Crippen LogP contribution in [0.25, 0.3) is 0 Å². The summed E-state index contributed by atoms with van der Waals surface area (Å²) < 4.78 is 10.9. The molecule has 0 aliphatic rings. The zero-order valence-corrected chi connectivity index (χ0v) is 10.7. The topological polar surface area (TPSA) is 35.5 Å². The molecule has 3 nitrogen and oxygen atoms in total. The van der Waals surface area contributed by atoms with Crippen LogP contribution in [0.3, 0.4) is 0 Å². The summed E-state index contributed by atoms with van der Waals surface area (Å²) in [6.45, 7) is 6.57. The zero-order valence-electron chi connectivity index (χ0n) is 10.7. The maximum Gasteiger partial charge on any atom is 0.192 e. The number of rotatable bonds is 7. The van der Waals surface area contributed by atoms with Gasteiger partial charge in [0.05, 0.1) is 18.3 Å². The van der Waals surface area contributed by atoms with E-state index in [0.717, 1.165) is 6.42 Å². The smallest absolute Gasteiger partial charge is 0.192 e. The summed E-state index contributed by atoms with van der Waals surface area (Å²) in [5, 5.41) is 0. The summed E-state index contributed by atoms with van der Waals surface area (Å²) in [7, 11) is 0. The van der Waals surface area contributed by atoms with Crippen LogP contribution in [0.1, 0.15) is 37.6 Å². The molecule has 0 fully saturated rings. The minimum absolute atomic E-state index is 0.0367. The number of carbonyl (C=O) groups excluding carboxylic acids is 1. The van der Waals surface area contributed by atoms with E-state index in [0.29, 0.717) is 17.9 Å².